The van der Waals surface area contributed by atoms with Crippen LogP contribution in [0.2, 0.25) is 0 Å². The van der Waals surface area contributed by atoms with Crippen molar-refractivity contribution >= 4 is 5.71 Å². The van der Waals surface area contributed by atoms with Gasteiger partial charge in [0.2, 0.25) is 0 Å². The molecule has 1 heteroatoms. The molecule has 0 radical (unpaired) electrons. The van der Waals surface area contributed by atoms with Gasteiger partial charge in [0.1, 0.15) is 0 Å². The Kier molecular flexibility index (Phi) is 3.90. The summed E-state index contributed by atoms with van der Waals surface area (Å²) in [5.41, 5.74) is 7.01. The summed E-state index contributed by atoms with van der Waals surface area (Å²) in [6.07, 6.45) is 2.19. The number of benzene rings is 2. The van der Waals surface area contributed by atoms with Crippen LogP contribution in [0.4, 0.5) is 0 Å². The Hall–Kier alpha value is -1.89. The lowest BCUT2D eigenvalue weighted by molar-refractivity contribution is 0.589. The average molecular weight is 291 g/mol. The fourth-order valence-corrected chi connectivity index (χ4v) is 3.11. The molecule has 0 saturated heterocycles. The van der Waals surface area contributed by atoms with Crippen molar-refractivity contribution in [2.24, 2.45) is 4.99 Å². The maximum Gasteiger partial charge on any atom is 0.0724 e. The Morgan fingerprint density at radius 1 is 0.955 bits per heavy atom. The molecule has 114 valence electrons. The second kappa shape index (κ2) is 5.72. The van der Waals surface area contributed by atoms with Crippen molar-refractivity contribution in [3.8, 4) is 0 Å². The van der Waals surface area contributed by atoms with Crippen LogP contribution in [0.3, 0.4) is 0 Å². The highest BCUT2D eigenvalue weighted by Gasteiger charge is 2.22. The number of aliphatic imine (C=N–C) groups is 1. The Morgan fingerprint density at radius 2 is 1.68 bits per heavy atom. The molecule has 0 fully saturated rings. The van der Waals surface area contributed by atoms with Gasteiger partial charge in [-0.2, -0.15) is 0 Å². The third kappa shape index (κ3) is 2.99. The van der Waals surface area contributed by atoms with Crippen molar-refractivity contribution in [2.45, 2.75) is 52.0 Å². The molecule has 1 aliphatic carbocycles. The summed E-state index contributed by atoms with van der Waals surface area (Å²) in [5, 5.41) is 0. The van der Waals surface area contributed by atoms with E-state index in [1.54, 1.807) is 0 Å². The summed E-state index contributed by atoms with van der Waals surface area (Å²) in [6.45, 7) is 9.01. The van der Waals surface area contributed by atoms with Gasteiger partial charge in [0.25, 0.3) is 0 Å². The molecule has 0 saturated carbocycles. The van der Waals surface area contributed by atoms with E-state index < -0.39 is 0 Å². The van der Waals surface area contributed by atoms with E-state index in [9.17, 15) is 0 Å². The molecule has 0 heterocycles. The van der Waals surface area contributed by atoms with Gasteiger partial charge in [-0.05, 0) is 47.4 Å². The van der Waals surface area contributed by atoms with Crippen molar-refractivity contribution in [3.05, 3.63) is 70.8 Å². The van der Waals surface area contributed by atoms with E-state index in [0.29, 0.717) is 0 Å². The SMILES string of the molecule is C[C@@H](N=C1CCc2cc(C(C)(C)C)ccc21)c1ccccc1. The van der Waals surface area contributed by atoms with E-state index in [2.05, 4.69) is 76.2 Å². The Labute approximate surface area is 134 Å². The summed E-state index contributed by atoms with van der Waals surface area (Å²) in [7, 11) is 0. The lowest BCUT2D eigenvalue weighted by Gasteiger charge is -2.20. The van der Waals surface area contributed by atoms with Crippen LogP contribution in [0.5, 0.6) is 0 Å². The van der Waals surface area contributed by atoms with Crippen LogP contribution < -0.4 is 0 Å². The van der Waals surface area contributed by atoms with Gasteiger partial charge < -0.3 is 0 Å². The van der Waals surface area contributed by atoms with Gasteiger partial charge in [-0.25, -0.2) is 0 Å². The number of aryl methyl sites for hydroxylation is 1. The molecule has 0 aliphatic heterocycles. The third-order valence-corrected chi connectivity index (χ3v) is 4.54. The predicted molar refractivity (Wildman–Crippen MR) is 94.9 cm³/mol. The number of nitrogens with zero attached hydrogens (tertiary/aromatic N) is 1. The molecule has 3 rings (SSSR count). The Morgan fingerprint density at radius 3 is 2.36 bits per heavy atom. The highest BCUT2D eigenvalue weighted by molar-refractivity contribution is 6.04. The molecule has 1 nitrogen and oxygen atoms in total. The largest absolute Gasteiger partial charge is 0.281 e. The van der Waals surface area contributed by atoms with Crippen molar-refractivity contribution in [1.29, 1.82) is 0 Å². The van der Waals surface area contributed by atoms with Gasteiger partial charge in [-0.1, -0.05) is 69.3 Å². The average Bonchev–Trinajstić information content (AvgIpc) is 2.89. The van der Waals surface area contributed by atoms with Crippen LogP contribution in [-0.2, 0) is 11.8 Å². The second-order valence-electron chi connectivity index (χ2n) is 7.28. The molecule has 2 aromatic rings. The zero-order chi connectivity index (χ0) is 15.7. The number of fused-ring (bicyclic) bond motifs is 1. The highest BCUT2D eigenvalue weighted by Crippen LogP contribution is 2.30. The number of rotatable bonds is 2. The minimum Gasteiger partial charge on any atom is -0.281 e. The first-order chi connectivity index (χ1) is 10.4. The van der Waals surface area contributed by atoms with Crippen LogP contribution in [0, 0.1) is 0 Å². The molecule has 2 aromatic carbocycles. The van der Waals surface area contributed by atoms with Gasteiger partial charge in [0, 0.05) is 5.71 Å². The first-order valence-electron chi connectivity index (χ1n) is 8.20. The normalized spacial score (nSPS) is 17.5. The van der Waals surface area contributed by atoms with Crippen LogP contribution in [-0.4, -0.2) is 5.71 Å². The summed E-state index contributed by atoms with van der Waals surface area (Å²) in [6, 6.07) is 17.7. The maximum absolute atomic E-state index is 5.00. The molecule has 0 unspecified atom stereocenters. The summed E-state index contributed by atoms with van der Waals surface area (Å²) >= 11 is 0. The quantitative estimate of drug-likeness (QED) is 0.694. The maximum atomic E-state index is 5.00. The number of hydrogen-bond acceptors (Lipinski definition) is 1. The Balaban J connectivity index is 1.90. The molecule has 1 atom stereocenters. The molecule has 22 heavy (non-hydrogen) atoms. The van der Waals surface area contributed by atoms with Crippen molar-refractivity contribution in [1.82, 2.24) is 0 Å². The minimum atomic E-state index is 0.215. The van der Waals surface area contributed by atoms with E-state index >= 15 is 0 Å². The molecule has 1 aliphatic rings. The molecular weight excluding hydrogens is 266 g/mol. The fraction of sp³-hybridized carbons (Fsp3) is 0.381. The highest BCUT2D eigenvalue weighted by atomic mass is 14.8. The topological polar surface area (TPSA) is 12.4 Å². The zero-order valence-corrected chi connectivity index (χ0v) is 14.1. The van der Waals surface area contributed by atoms with Crippen LogP contribution in [0.1, 0.15) is 62.4 Å². The fourth-order valence-electron chi connectivity index (χ4n) is 3.11. The molecular formula is C21H25N. The van der Waals surface area contributed by atoms with Crippen molar-refractivity contribution < 1.29 is 0 Å². The summed E-state index contributed by atoms with van der Waals surface area (Å²) in [4.78, 5) is 5.00. The van der Waals surface area contributed by atoms with Crippen LogP contribution in [0.25, 0.3) is 0 Å². The molecule has 0 amide bonds. The first-order valence-corrected chi connectivity index (χ1v) is 8.20. The molecule has 0 bridgehead atoms. The van der Waals surface area contributed by atoms with E-state index in [-0.39, 0.29) is 11.5 Å². The molecule has 0 N–H and O–H groups in total. The van der Waals surface area contributed by atoms with Crippen LogP contribution >= 0.6 is 0 Å². The predicted octanol–water partition coefficient (Wildman–Crippen LogP) is 5.48. The van der Waals surface area contributed by atoms with Crippen LogP contribution in [0.15, 0.2) is 53.5 Å². The van der Waals surface area contributed by atoms with E-state index in [4.69, 9.17) is 4.99 Å². The van der Waals surface area contributed by atoms with Gasteiger partial charge >= 0.3 is 0 Å². The van der Waals surface area contributed by atoms with E-state index in [0.717, 1.165) is 12.8 Å². The smallest absolute Gasteiger partial charge is 0.0724 e. The third-order valence-electron chi connectivity index (χ3n) is 4.54. The van der Waals surface area contributed by atoms with E-state index in [1.807, 2.05) is 0 Å². The minimum absolute atomic E-state index is 0.215. The Bertz CT molecular complexity index is 690. The summed E-state index contributed by atoms with van der Waals surface area (Å²) in [5.74, 6) is 0. The molecule has 0 aromatic heterocycles. The van der Waals surface area contributed by atoms with Crippen molar-refractivity contribution in [3.63, 3.8) is 0 Å². The standard InChI is InChI=1S/C21H25N/c1-15(16-8-6-5-7-9-16)22-20-13-10-17-14-18(21(2,3)4)11-12-19(17)20/h5-9,11-12,14-15H,10,13H2,1-4H3/t15-/m1/s1. The van der Waals surface area contributed by atoms with E-state index in [1.165, 1.54) is 28.0 Å². The first kappa shape index (κ1) is 15.0. The monoisotopic (exact) mass is 291 g/mol. The van der Waals surface area contributed by atoms with Gasteiger partial charge in [0.05, 0.1) is 6.04 Å². The van der Waals surface area contributed by atoms with Crippen molar-refractivity contribution in [2.75, 3.05) is 0 Å². The lowest BCUT2D eigenvalue weighted by atomic mass is 9.85. The second-order valence-corrected chi connectivity index (χ2v) is 7.28. The molecule has 0 spiro atoms. The number of hydrogen-bond donors (Lipinski definition) is 0. The van der Waals surface area contributed by atoms with Gasteiger partial charge in [-0.15, -0.1) is 0 Å². The van der Waals surface area contributed by atoms with Gasteiger partial charge in [0.15, 0.2) is 0 Å². The lowest BCUT2D eigenvalue weighted by Crippen LogP contribution is -2.11. The summed E-state index contributed by atoms with van der Waals surface area (Å²) < 4.78 is 0. The zero-order valence-electron chi connectivity index (χ0n) is 14.1. The van der Waals surface area contributed by atoms with Gasteiger partial charge in [-0.3, -0.25) is 4.99 Å².